The van der Waals surface area contributed by atoms with Gasteiger partial charge < -0.3 is 5.11 Å². The summed E-state index contributed by atoms with van der Waals surface area (Å²) in [7, 11) is 0. The molecule has 0 bridgehead atoms. The third-order valence-electron chi connectivity index (χ3n) is 2.33. The Morgan fingerprint density at radius 2 is 1.81 bits per heavy atom. The fraction of sp³-hybridized carbons (Fsp3) is 0.0714. The zero-order valence-electron chi connectivity index (χ0n) is 9.09. The minimum Gasteiger partial charge on any atom is -0.508 e. The SMILES string of the molecule is Cc1cc(O)ccc1N=Cc1ccccc1. The molecule has 0 heterocycles. The molecule has 2 heteroatoms. The van der Waals surface area contributed by atoms with Crippen LogP contribution in [-0.2, 0) is 0 Å². The van der Waals surface area contributed by atoms with E-state index in [1.807, 2.05) is 49.5 Å². The van der Waals surface area contributed by atoms with E-state index < -0.39 is 0 Å². The van der Waals surface area contributed by atoms with Crippen LogP contribution in [0.5, 0.6) is 5.75 Å². The van der Waals surface area contributed by atoms with Gasteiger partial charge >= 0.3 is 0 Å². The van der Waals surface area contributed by atoms with Gasteiger partial charge in [0.2, 0.25) is 0 Å². The zero-order chi connectivity index (χ0) is 11.4. The standard InChI is InChI=1S/C14H13NO/c1-11-9-13(16)7-8-14(11)15-10-12-5-3-2-4-6-12/h2-10,16H,1H3. The van der Waals surface area contributed by atoms with Crippen molar-refractivity contribution in [2.75, 3.05) is 0 Å². The van der Waals surface area contributed by atoms with Crippen LogP contribution in [0, 0.1) is 6.92 Å². The molecular formula is C14H13NO. The molecule has 0 unspecified atom stereocenters. The lowest BCUT2D eigenvalue weighted by Gasteiger charge is -2.00. The largest absolute Gasteiger partial charge is 0.508 e. The van der Waals surface area contributed by atoms with Gasteiger partial charge in [-0.05, 0) is 36.2 Å². The highest BCUT2D eigenvalue weighted by Crippen LogP contribution is 2.22. The highest BCUT2D eigenvalue weighted by Gasteiger charge is 1.96. The number of aliphatic imine (C=N–C) groups is 1. The number of rotatable bonds is 2. The number of phenols is 1. The van der Waals surface area contributed by atoms with Crippen LogP contribution < -0.4 is 0 Å². The lowest BCUT2D eigenvalue weighted by molar-refractivity contribution is 0.475. The molecule has 16 heavy (non-hydrogen) atoms. The van der Waals surface area contributed by atoms with E-state index in [1.165, 1.54) is 0 Å². The topological polar surface area (TPSA) is 32.6 Å². The molecule has 0 radical (unpaired) electrons. The molecule has 0 fully saturated rings. The fourth-order valence-electron chi connectivity index (χ4n) is 1.47. The van der Waals surface area contributed by atoms with Crippen molar-refractivity contribution in [2.45, 2.75) is 6.92 Å². The van der Waals surface area contributed by atoms with Gasteiger partial charge in [0.05, 0.1) is 5.69 Å². The minimum absolute atomic E-state index is 0.274. The smallest absolute Gasteiger partial charge is 0.115 e. The van der Waals surface area contributed by atoms with Crippen LogP contribution in [0.15, 0.2) is 53.5 Å². The van der Waals surface area contributed by atoms with E-state index in [4.69, 9.17) is 0 Å². The van der Waals surface area contributed by atoms with Crippen molar-refractivity contribution in [3.8, 4) is 5.75 Å². The molecule has 0 aliphatic carbocycles. The van der Waals surface area contributed by atoms with E-state index in [2.05, 4.69) is 4.99 Å². The summed E-state index contributed by atoms with van der Waals surface area (Å²) in [5, 5.41) is 9.27. The Labute approximate surface area is 94.9 Å². The molecule has 0 aliphatic rings. The molecule has 1 N–H and O–H groups in total. The fourth-order valence-corrected chi connectivity index (χ4v) is 1.47. The first-order valence-electron chi connectivity index (χ1n) is 5.14. The first-order valence-corrected chi connectivity index (χ1v) is 5.14. The molecular weight excluding hydrogens is 198 g/mol. The van der Waals surface area contributed by atoms with Crippen LogP contribution in [-0.4, -0.2) is 11.3 Å². The monoisotopic (exact) mass is 211 g/mol. The van der Waals surface area contributed by atoms with Gasteiger partial charge in [-0.2, -0.15) is 0 Å². The zero-order valence-corrected chi connectivity index (χ0v) is 9.09. The lowest BCUT2D eigenvalue weighted by atomic mass is 10.2. The van der Waals surface area contributed by atoms with E-state index in [1.54, 1.807) is 12.1 Å². The number of hydrogen-bond donors (Lipinski definition) is 1. The summed E-state index contributed by atoms with van der Waals surface area (Å²) in [6.45, 7) is 1.93. The summed E-state index contributed by atoms with van der Waals surface area (Å²) in [6.07, 6.45) is 1.82. The Kier molecular flexibility index (Phi) is 3.01. The summed E-state index contributed by atoms with van der Waals surface area (Å²) in [6, 6.07) is 15.1. The van der Waals surface area contributed by atoms with Gasteiger partial charge in [-0.15, -0.1) is 0 Å². The number of aryl methyl sites for hydroxylation is 1. The van der Waals surface area contributed by atoms with Crippen LogP contribution in [0.2, 0.25) is 0 Å². The Morgan fingerprint density at radius 3 is 2.50 bits per heavy atom. The highest BCUT2D eigenvalue weighted by atomic mass is 16.3. The van der Waals surface area contributed by atoms with Gasteiger partial charge in [0, 0.05) is 6.21 Å². The lowest BCUT2D eigenvalue weighted by Crippen LogP contribution is -1.80. The molecule has 0 amide bonds. The maximum Gasteiger partial charge on any atom is 0.115 e. The number of nitrogens with zero attached hydrogens (tertiary/aromatic N) is 1. The summed E-state index contributed by atoms with van der Waals surface area (Å²) < 4.78 is 0. The third-order valence-corrected chi connectivity index (χ3v) is 2.33. The molecule has 0 aromatic heterocycles. The Balaban J connectivity index is 2.24. The van der Waals surface area contributed by atoms with Crippen molar-refractivity contribution in [3.63, 3.8) is 0 Å². The predicted octanol–water partition coefficient (Wildman–Crippen LogP) is 3.45. The van der Waals surface area contributed by atoms with E-state index in [-0.39, 0.29) is 5.75 Å². The molecule has 0 aliphatic heterocycles. The maximum absolute atomic E-state index is 9.27. The molecule has 0 saturated carbocycles. The number of phenolic OH excluding ortho intramolecular Hbond substituents is 1. The molecule has 80 valence electrons. The second-order valence-corrected chi connectivity index (χ2v) is 3.64. The summed E-state index contributed by atoms with van der Waals surface area (Å²) in [4.78, 5) is 4.38. The summed E-state index contributed by atoms with van der Waals surface area (Å²) in [5.74, 6) is 0.274. The number of hydrogen-bond acceptors (Lipinski definition) is 2. The Morgan fingerprint density at radius 1 is 1.06 bits per heavy atom. The molecule has 0 atom stereocenters. The second kappa shape index (κ2) is 4.62. The van der Waals surface area contributed by atoms with Crippen molar-refractivity contribution in [1.82, 2.24) is 0 Å². The molecule has 0 spiro atoms. The molecule has 0 saturated heterocycles. The van der Waals surface area contributed by atoms with Crippen molar-refractivity contribution < 1.29 is 5.11 Å². The third kappa shape index (κ3) is 2.48. The van der Waals surface area contributed by atoms with Crippen LogP contribution in [0.25, 0.3) is 0 Å². The minimum atomic E-state index is 0.274. The van der Waals surface area contributed by atoms with Gasteiger partial charge in [0.25, 0.3) is 0 Å². The van der Waals surface area contributed by atoms with E-state index in [9.17, 15) is 5.11 Å². The van der Waals surface area contributed by atoms with Gasteiger partial charge in [0.1, 0.15) is 5.75 Å². The van der Waals surface area contributed by atoms with E-state index in [0.29, 0.717) is 0 Å². The Hall–Kier alpha value is -2.09. The molecule has 2 aromatic carbocycles. The van der Waals surface area contributed by atoms with Crippen LogP contribution in [0.4, 0.5) is 5.69 Å². The maximum atomic E-state index is 9.27. The van der Waals surface area contributed by atoms with Crippen LogP contribution >= 0.6 is 0 Å². The van der Waals surface area contributed by atoms with Gasteiger partial charge in [-0.3, -0.25) is 4.99 Å². The summed E-state index contributed by atoms with van der Waals surface area (Å²) >= 11 is 0. The van der Waals surface area contributed by atoms with Gasteiger partial charge in [-0.25, -0.2) is 0 Å². The normalized spacial score (nSPS) is 10.8. The van der Waals surface area contributed by atoms with Crippen LogP contribution in [0.3, 0.4) is 0 Å². The Bertz CT molecular complexity index is 503. The van der Waals surface area contributed by atoms with Crippen molar-refractivity contribution in [3.05, 3.63) is 59.7 Å². The summed E-state index contributed by atoms with van der Waals surface area (Å²) in [5.41, 5.74) is 2.91. The first kappa shape index (κ1) is 10.4. The van der Waals surface area contributed by atoms with Crippen molar-refractivity contribution in [1.29, 1.82) is 0 Å². The number of aromatic hydroxyl groups is 1. The van der Waals surface area contributed by atoms with Crippen molar-refractivity contribution in [2.24, 2.45) is 4.99 Å². The molecule has 2 aromatic rings. The second-order valence-electron chi connectivity index (χ2n) is 3.64. The van der Waals surface area contributed by atoms with Crippen LogP contribution in [0.1, 0.15) is 11.1 Å². The quantitative estimate of drug-likeness (QED) is 0.758. The van der Waals surface area contributed by atoms with Gasteiger partial charge in [-0.1, -0.05) is 30.3 Å². The first-order chi connectivity index (χ1) is 7.75. The predicted molar refractivity (Wildman–Crippen MR) is 66.5 cm³/mol. The molecule has 2 nitrogen and oxygen atoms in total. The highest BCUT2D eigenvalue weighted by molar-refractivity contribution is 5.82. The van der Waals surface area contributed by atoms with E-state index in [0.717, 1.165) is 16.8 Å². The number of benzene rings is 2. The average molecular weight is 211 g/mol. The van der Waals surface area contributed by atoms with Crippen molar-refractivity contribution >= 4 is 11.9 Å². The molecule has 2 rings (SSSR count). The average Bonchev–Trinajstić information content (AvgIpc) is 2.29. The van der Waals surface area contributed by atoms with E-state index >= 15 is 0 Å². The van der Waals surface area contributed by atoms with Gasteiger partial charge in [0.15, 0.2) is 0 Å².